The molecule has 1 N–H and O–H groups in total. The van der Waals surface area contributed by atoms with Crippen molar-refractivity contribution in [2.24, 2.45) is 0 Å². The van der Waals surface area contributed by atoms with Gasteiger partial charge in [0.25, 0.3) is 0 Å². The van der Waals surface area contributed by atoms with Crippen LogP contribution in [-0.2, 0) is 22.4 Å². The number of carbonyl (C=O) groups excluding carboxylic acids is 1. The SMILES string of the molecule is Cc1nc(CC(=O)N2CCOC(c3cc(CCOc4ccccc4Cl)[nH]n3)C2)cs1. The minimum Gasteiger partial charge on any atom is -0.492 e. The van der Waals surface area contributed by atoms with E-state index < -0.39 is 0 Å². The van der Waals surface area contributed by atoms with Gasteiger partial charge in [-0.2, -0.15) is 5.10 Å². The lowest BCUT2D eigenvalue weighted by molar-refractivity contribution is -0.138. The van der Waals surface area contributed by atoms with Gasteiger partial charge in [-0.1, -0.05) is 23.7 Å². The van der Waals surface area contributed by atoms with E-state index in [0.717, 1.165) is 22.1 Å². The van der Waals surface area contributed by atoms with Gasteiger partial charge < -0.3 is 14.4 Å². The maximum atomic E-state index is 12.6. The van der Waals surface area contributed by atoms with Gasteiger partial charge in [-0.25, -0.2) is 4.98 Å². The third-order valence-corrected chi connectivity index (χ3v) is 6.00. The summed E-state index contributed by atoms with van der Waals surface area (Å²) in [5.41, 5.74) is 2.57. The van der Waals surface area contributed by atoms with Crippen LogP contribution in [0.3, 0.4) is 0 Å². The number of hydrogen-bond donors (Lipinski definition) is 1. The third kappa shape index (κ3) is 5.19. The largest absolute Gasteiger partial charge is 0.492 e. The molecule has 1 amide bonds. The van der Waals surface area contributed by atoms with E-state index in [0.29, 0.717) is 49.9 Å². The molecule has 0 bridgehead atoms. The van der Waals surface area contributed by atoms with Gasteiger partial charge in [0, 0.05) is 24.0 Å². The van der Waals surface area contributed by atoms with Crippen LogP contribution in [0, 0.1) is 6.92 Å². The van der Waals surface area contributed by atoms with Crippen LogP contribution in [0.5, 0.6) is 5.75 Å². The fourth-order valence-electron chi connectivity index (χ4n) is 3.32. The second-order valence-electron chi connectivity index (χ2n) is 7.08. The number of carbonyl (C=O) groups is 1. The zero-order valence-electron chi connectivity index (χ0n) is 16.6. The molecule has 1 fully saturated rings. The number of aryl methyl sites for hydroxylation is 1. The molecule has 7 nitrogen and oxygen atoms in total. The zero-order valence-corrected chi connectivity index (χ0v) is 18.2. The summed E-state index contributed by atoms with van der Waals surface area (Å²) in [5, 5.41) is 10.9. The summed E-state index contributed by atoms with van der Waals surface area (Å²) >= 11 is 7.67. The van der Waals surface area contributed by atoms with E-state index in [1.807, 2.05) is 41.5 Å². The number of H-pyrrole nitrogens is 1. The smallest absolute Gasteiger partial charge is 0.228 e. The lowest BCUT2D eigenvalue weighted by Gasteiger charge is -2.32. The predicted molar refractivity (Wildman–Crippen MR) is 115 cm³/mol. The number of benzene rings is 1. The van der Waals surface area contributed by atoms with Gasteiger partial charge in [0.05, 0.1) is 47.6 Å². The highest BCUT2D eigenvalue weighted by molar-refractivity contribution is 7.09. The Morgan fingerprint density at radius 1 is 1.43 bits per heavy atom. The topological polar surface area (TPSA) is 80.3 Å². The average molecular weight is 447 g/mol. The van der Waals surface area contributed by atoms with Crippen LogP contribution >= 0.6 is 22.9 Å². The molecular weight excluding hydrogens is 424 g/mol. The maximum absolute atomic E-state index is 12.6. The molecular formula is C21H23ClN4O3S. The number of hydrogen-bond acceptors (Lipinski definition) is 6. The standard InChI is InChI=1S/C21H23ClN4O3S/c1-14-23-16(13-30-14)11-21(27)26-7-9-29-20(12-26)18-10-15(24-25-18)6-8-28-19-5-3-2-4-17(19)22/h2-5,10,13,20H,6-9,11-12H2,1H3,(H,24,25). The van der Waals surface area contributed by atoms with Crippen LogP contribution in [0.4, 0.5) is 0 Å². The molecule has 0 saturated carbocycles. The van der Waals surface area contributed by atoms with E-state index in [2.05, 4.69) is 15.2 Å². The quantitative estimate of drug-likeness (QED) is 0.599. The Bertz CT molecular complexity index is 1010. The van der Waals surface area contributed by atoms with E-state index in [9.17, 15) is 4.79 Å². The van der Waals surface area contributed by atoms with Crippen molar-refractivity contribution >= 4 is 28.8 Å². The summed E-state index contributed by atoms with van der Waals surface area (Å²) < 4.78 is 11.6. The summed E-state index contributed by atoms with van der Waals surface area (Å²) in [6.07, 6.45) is 0.744. The number of nitrogens with one attached hydrogen (secondary N) is 1. The maximum Gasteiger partial charge on any atom is 0.228 e. The summed E-state index contributed by atoms with van der Waals surface area (Å²) in [6, 6.07) is 9.37. The molecule has 1 saturated heterocycles. The highest BCUT2D eigenvalue weighted by Crippen LogP contribution is 2.24. The van der Waals surface area contributed by atoms with Crippen molar-refractivity contribution in [1.29, 1.82) is 0 Å². The predicted octanol–water partition coefficient (Wildman–Crippen LogP) is 3.59. The Balaban J connectivity index is 1.30. The molecule has 0 aliphatic carbocycles. The third-order valence-electron chi connectivity index (χ3n) is 4.86. The molecule has 30 heavy (non-hydrogen) atoms. The minimum absolute atomic E-state index is 0.0671. The first-order valence-corrected chi connectivity index (χ1v) is 11.1. The molecule has 2 aromatic heterocycles. The van der Waals surface area contributed by atoms with E-state index >= 15 is 0 Å². The molecule has 1 aliphatic heterocycles. The number of thiazole rings is 1. The number of amides is 1. The number of halogens is 1. The van der Waals surface area contributed by atoms with Gasteiger partial charge in [0.1, 0.15) is 11.9 Å². The zero-order chi connectivity index (χ0) is 20.9. The van der Waals surface area contributed by atoms with Crippen molar-refractivity contribution in [1.82, 2.24) is 20.1 Å². The molecule has 1 aliphatic rings. The minimum atomic E-state index is -0.241. The van der Waals surface area contributed by atoms with Crippen LogP contribution in [0.15, 0.2) is 35.7 Å². The van der Waals surface area contributed by atoms with Crippen molar-refractivity contribution in [2.75, 3.05) is 26.3 Å². The molecule has 3 aromatic rings. The van der Waals surface area contributed by atoms with Gasteiger partial charge in [-0.3, -0.25) is 9.89 Å². The Labute approximate surface area is 184 Å². The van der Waals surface area contributed by atoms with Gasteiger partial charge in [0.2, 0.25) is 5.91 Å². The lowest BCUT2D eigenvalue weighted by Crippen LogP contribution is -2.43. The highest BCUT2D eigenvalue weighted by Gasteiger charge is 2.27. The molecule has 0 spiro atoms. The van der Waals surface area contributed by atoms with Crippen molar-refractivity contribution in [3.63, 3.8) is 0 Å². The Kier molecular flexibility index (Phi) is 6.66. The van der Waals surface area contributed by atoms with Crippen molar-refractivity contribution in [2.45, 2.75) is 25.9 Å². The average Bonchev–Trinajstić information content (AvgIpc) is 3.38. The number of rotatable bonds is 7. The number of aromatic nitrogens is 3. The summed E-state index contributed by atoms with van der Waals surface area (Å²) in [5.74, 6) is 0.733. The van der Waals surface area contributed by atoms with Crippen LogP contribution < -0.4 is 4.74 Å². The van der Waals surface area contributed by atoms with Crippen molar-refractivity contribution in [3.8, 4) is 5.75 Å². The van der Waals surface area contributed by atoms with Crippen molar-refractivity contribution < 1.29 is 14.3 Å². The molecule has 1 unspecified atom stereocenters. The number of morpholine rings is 1. The van der Waals surface area contributed by atoms with Gasteiger partial charge in [-0.05, 0) is 25.1 Å². The Hall–Kier alpha value is -2.42. The van der Waals surface area contributed by atoms with E-state index in [1.54, 1.807) is 17.4 Å². The number of nitrogens with zero attached hydrogens (tertiary/aromatic N) is 3. The molecule has 4 rings (SSSR count). The van der Waals surface area contributed by atoms with Crippen LogP contribution in [0.2, 0.25) is 5.02 Å². The van der Waals surface area contributed by atoms with E-state index in [-0.39, 0.29) is 12.0 Å². The first kappa shape index (κ1) is 20.8. The summed E-state index contributed by atoms with van der Waals surface area (Å²) in [6.45, 7) is 3.99. The number of aromatic amines is 1. The Morgan fingerprint density at radius 3 is 3.10 bits per heavy atom. The van der Waals surface area contributed by atoms with E-state index in [4.69, 9.17) is 21.1 Å². The number of ether oxygens (including phenoxy) is 2. The van der Waals surface area contributed by atoms with Crippen LogP contribution in [0.1, 0.15) is 28.2 Å². The number of para-hydroxylation sites is 1. The van der Waals surface area contributed by atoms with E-state index in [1.165, 1.54) is 0 Å². The second kappa shape index (κ2) is 9.59. The first-order valence-electron chi connectivity index (χ1n) is 9.80. The second-order valence-corrected chi connectivity index (χ2v) is 8.55. The molecule has 0 radical (unpaired) electrons. The van der Waals surface area contributed by atoms with Gasteiger partial charge in [0.15, 0.2) is 0 Å². The first-order chi connectivity index (χ1) is 14.6. The normalized spacial score (nSPS) is 16.6. The van der Waals surface area contributed by atoms with Gasteiger partial charge >= 0.3 is 0 Å². The molecule has 3 heterocycles. The molecule has 9 heteroatoms. The van der Waals surface area contributed by atoms with Gasteiger partial charge in [-0.15, -0.1) is 11.3 Å². The molecule has 1 atom stereocenters. The Morgan fingerprint density at radius 2 is 2.30 bits per heavy atom. The fourth-order valence-corrected chi connectivity index (χ4v) is 4.12. The summed E-state index contributed by atoms with van der Waals surface area (Å²) in [7, 11) is 0. The summed E-state index contributed by atoms with van der Waals surface area (Å²) in [4.78, 5) is 18.9. The molecule has 158 valence electrons. The van der Waals surface area contributed by atoms with Crippen LogP contribution in [-0.4, -0.2) is 52.3 Å². The highest BCUT2D eigenvalue weighted by atomic mass is 35.5. The van der Waals surface area contributed by atoms with Crippen LogP contribution in [0.25, 0.3) is 0 Å². The van der Waals surface area contributed by atoms with Crippen molar-refractivity contribution in [3.05, 3.63) is 62.8 Å². The fraction of sp³-hybridized carbons (Fsp3) is 0.381. The lowest BCUT2D eigenvalue weighted by atomic mass is 10.1. The molecule has 1 aromatic carbocycles. The monoisotopic (exact) mass is 446 g/mol.